The van der Waals surface area contributed by atoms with Crippen molar-refractivity contribution in [1.29, 1.82) is 0 Å². The van der Waals surface area contributed by atoms with Gasteiger partial charge >= 0.3 is 160 Å². The van der Waals surface area contributed by atoms with Crippen LogP contribution < -0.4 is 64.0 Å². The third kappa shape index (κ3) is 1110. The van der Waals surface area contributed by atoms with Crippen molar-refractivity contribution in [3.8, 4) is 0 Å². The molecule has 17 heavy (non-hydrogen) atoms. The van der Waals surface area contributed by atoms with Crippen molar-refractivity contribution in [2.75, 3.05) is 0 Å². The Kier molecular flexibility index (Phi) is 24.1. The van der Waals surface area contributed by atoms with Crippen LogP contribution in [0, 0.1) is 0 Å². The molecule has 0 rings (SSSR count). The number of hydrogen-bond acceptors (Lipinski definition) is 12. The van der Waals surface area contributed by atoms with Crippen LogP contribution in [-0.2, 0) is 73.4 Å². The molecule has 0 aromatic rings. The second kappa shape index (κ2) is 13.0. The van der Waals surface area contributed by atoms with Gasteiger partial charge in [0.2, 0.25) is 0 Å². The summed E-state index contributed by atoms with van der Waals surface area (Å²) in [5.74, 6) is 0. The van der Waals surface area contributed by atoms with Gasteiger partial charge in [-0.15, -0.1) is 0 Å². The molecule has 0 amide bonds. The molecule has 0 aromatic carbocycles. The van der Waals surface area contributed by atoms with E-state index in [4.69, 9.17) is 47.1 Å². The topological polar surface area (TPSA) is 223 Å². The maximum absolute atomic E-state index is 8.58. The van der Waals surface area contributed by atoms with Gasteiger partial charge in [-0.05, 0) is 0 Å². The van der Waals surface area contributed by atoms with Gasteiger partial charge in [-0.2, -0.15) is 0 Å². The maximum atomic E-state index is 8.58. The summed E-state index contributed by atoms with van der Waals surface area (Å²) >= 11 is -16.9. The van der Waals surface area contributed by atoms with Crippen LogP contribution in [0.2, 0.25) is 0 Å². The molecule has 0 heterocycles. The quantitative estimate of drug-likeness (QED) is 0.333. The van der Waals surface area contributed by atoms with Crippen molar-refractivity contribution in [3.63, 3.8) is 0 Å². The molecule has 0 fully saturated rings. The first kappa shape index (κ1) is 31.4. The van der Waals surface area contributed by atoms with E-state index in [9.17, 15) is 0 Å². The van der Waals surface area contributed by atoms with Crippen molar-refractivity contribution in [1.82, 2.24) is 0 Å². The summed E-state index contributed by atoms with van der Waals surface area (Å²) in [6.45, 7) is 0. The van der Waals surface area contributed by atoms with Crippen molar-refractivity contribution in [2.45, 2.75) is 0 Å². The molecule has 0 N–H and O–H groups in total. The predicted octanol–water partition coefficient (Wildman–Crippen LogP) is -8.02. The second-order valence-corrected chi connectivity index (χ2v) is 4.68. The van der Waals surface area contributed by atoms with Crippen molar-refractivity contribution >= 4 is 23.1 Å². The molecule has 0 saturated heterocycles. The molecule has 0 aliphatic heterocycles. The van der Waals surface area contributed by atoms with Crippen LogP contribution in [0.5, 0.6) is 0 Å². The van der Waals surface area contributed by atoms with Crippen molar-refractivity contribution in [3.05, 3.63) is 0 Å². The van der Waals surface area contributed by atoms with Crippen LogP contribution in [0.1, 0.15) is 0 Å². The van der Waals surface area contributed by atoms with Gasteiger partial charge in [0.25, 0.3) is 0 Å². The van der Waals surface area contributed by atoms with Gasteiger partial charge in [0, 0.05) is 0 Å². The summed E-state index contributed by atoms with van der Waals surface area (Å²) in [5, 5.41) is 0. The summed E-state index contributed by atoms with van der Waals surface area (Å²) in [5.41, 5.74) is 0. The fourth-order valence-electron chi connectivity index (χ4n) is 0. The fourth-order valence-corrected chi connectivity index (χ4v) is 0. The Hall–Kier alpha value is 2.04. The van der Waals surface area contributed by atoms with E-state index in [0.717, 1.165) is 0 Å². The SMILES string of the molecule is [K+].[Mg+2].[O]=[Mn](=[O])(=[O])[O-].[O]=[Mn](=[O])(=[O])[O-].[O]=[Mn](=[O])(=[O])[O-]. The molecule has 0 aliphatic carbocycles. The van der Waals surface area contributed by atoms with Crippen LogP contribution in [0.25, 0.3) is 0 Å². The molecule has 17 heteroatoms. The average molecular weight is 420 g/mol. The van der Waals surface area contributed by atoms with Crippen LogP contribution in [0.15, 0.2) is 0 Å². The second-order valence-electron chi connectivity index (χ2n) is 1.13. The van der Waals surface area contributed by atoms with Gasteiger partial charge in [0.05, 0.1) is 0 Å². The molecule has 96 valence electrons. The van der Waals surface area contributed by atoms with E-state index in [-0.39, 0.29) is 74.4 Å². The van der Waals surface area contributed by atoms with E-state index in [1.165, 1.54) is 0 Å². The van der Waals surface area contributed by atoms with Crippen molar-refractivity contribution < 1.29 is 137 Å². The number of hydrogen-bond donors (Lipinski definition) is 0. The van der Waals surface area contributed by atoms with Crippen LogP contribution in [0.3, 0.4) is 0 Å². The van der Waals surface area contributed by atoms with E-state index in [2.05, 4.69) is 0 Å². The fraction of sp³-hybridized carbons (Fsp3) is 0. The summed E-state index contributed by atoms with van der Waals surface area (Å²) in [6, 6.07) is 0. The van der Waals surface area contributed by atoms with Gasteiger partial charge in [0.1, 0.15) is 0 Å². The molecule has 0 unspecified atom stereocenters. The van der Waals surface area contributed by atoms with E-state index in [1.54, 1.807) is 0 Å². The standard InChI is InChI=1S/K.Mg.3Mn.12O/q+1;+2;;;;;;;;;;;;;3*-1. The van der Waals surface area contributed by atoms with Crippen LogP contribution in [0.4, 0.5) is 0 Å². The number of rotatable bonds is 0. The van der Waals surface area contributed by atoms with Gasteiger partial charge in [0.15, 0.2) is 0 Å². The van der Waals surface area contributed by atoms with Gasteiger partial charge in [-0.25, -0.2) is 0 Å². The van der Waals surface area contributed by atoms with E-state index in [1.807, 2.05) is 0 Å². The summed E-state index contributed by atoms with van der Waals surface area (Å²) < 4.78 is 103. The zero-order chi connectivity index (χ0) is 13.5. The third-order valence-electron chi connectivity index (χ3n) is 0. The molecule has 12 nitrogen and oxygen atoms in total. The van der Waals surface area contributed by atoms with E-state index < -0.39 is 38.9 Å². The summed E-state index contributed by atoms with van der Waals surface area (Å²) in [6.07, 6.45) is 0. The monoisotopic (exact) mass is 420 g/mol. The van der Waals surface area contributed by atoms with Crippen LogP contribution in [-0.4, -0.2) is 23.1 Å². The Morgan fingerprint density at radius 1 is 0.471 bits per heavy atom. The molecule has 0 radical (unpaired) electrons. The van der Waals surface area contributed by atoms with Gasteiger partial charge in [-0.3, -0.25) is 0 Å². The minimum atomic E-state index is -5.62. The molecule has 0 bridgehead atoms. The van der Waals surface area contributed by atoms with Crippen LogP contribution >= 0.6 is 0 Å². The average Bonchev–Trinajstić information content (AvgIpc) is 1.41. The molecule has 0 aromatic heterocycles. The molecule has 0 spiro atoms. The Labute approximate surface area is 157 Å². The zero-order valence-corrected chi connectivity index (χ0v) is 15.8. The molecular formula is KMgMn3O12. The first-order valence-corrected chi connectivity index (χ1v) is 7.63. The summed E-state index contributed by atoms with van der Waals surface area (Å²) in [7, 11) is 0. The Bertz CT molecular complexity index is 485. The Morgan fingerprint density at radius 3 is 0.471 bits per heavy atom. The molecule has 0 saturated carbocycles. The molecular weight excluding hydrogens is 420 g/mol. The van der Waals surface area contributed by atoms with E-state index >= 15 is 0 Å². The van der Waals surface area contributed by atoms with Gasteiger partial charge in [-0.1, -0.05) is 0 Å². The molecule has 0 atom stereocenters. The normalized spacial score (nSPS) is 10.1. The first-order valence-electron chi connectivity index (χ1n) is 1.85. The van der Waals surface area contributed by atoms with E-state index in [0.29, 0.717) is 0 Å². The third-order valence-corrected chi connectivity index (χ3v) is 0. The Morgan fingerprint density at radius 2 is 0.471 bits per heavy atom. The molecule has 0 aliphatic rings. The zero-order valence-electron chi connectivity index (χ0n) is 7.74. The first-order chi connectivity index (χ1) is 6.00. The predicted molar refractivity (Wildman–Crippen MR) is 11.9 cm³/mol. The Balaban J connectivity index is -0.0000000400. The van der Waals surface area contributed by atoms with Gasteiger partial charge < -0.3 is 0 Å². The minimum absolute atomic E-state index is 0. The summed E-state index contributed by atoms with van der Waals surface area (Å²) in [4.78, 5) is 0. The van der Waals surface area contributed by atoms with Crippen molar-refractivity contribution in [2.24, 2.45) is 0 Å².